The summed E-state index contributed by atoms with van der Waals surface area (Å²) in [5, 5.41) is 25.4. The number of carboxylic acid groups (broad SMARTS) is 1. The molecule has 28 heavy (non-hydrogen) atoms. The van der Waals surface area contributed by atoms with Crippen LogP contribution in [0.5, 0.6) is 5.75 Å². The van der Waals surface area contributed by atoms with Gasteiger partial charge in [0.05, 0.1) is 12.1 Å². The number of carbonyl (C=O) groups excluding carboxylic acids is 1. The molecule has 0 aliphatic carbocycles. The summed E-state index contributed by atoms with van der Waals surface area (Å²) in [6.45, 7) is 1.86. The number of anilines is 1. The van der Waals surface area contributed by atoms with Crippen LogP contribution in [0.25, 0.3) is 5.69 Å². The zero-order valence-electron chi connectivity index (χ0n) is 14.9. The summed E-state index contributed by atoms with van der Waals surface area (Å²) in [5.41, 5.74) is 1.48. The summed E-state index contributed by atoms with van der Waals surface area (Å²) in [6.07, 6.45) is -0.127. The van der Waals surface area contributed by atoms with Gasteiger partial charge in [0.15, 0.2) is 11.4 Å². The van der Waals surface area contributed by atoms with E-state index >= 15 is 0 Å². The summed E-state index contributed by atoms with van der Waals surface area (Å²) >= 11 is 0. The molecule has 142 valence electrons. The topological polar surface area (TPSA) is 122 Å². The Balaban J connectivity index is 1.88. The van der Waals surface area contributed by atoms with E-state index in [1.54, 1.807) is 42.5 Å². The number of benzene rings is 2. The molecular formula is C20H17N3O5. The van der Waals surface area contributed by atoms with E-state index in [-0.39, 0.29) is 12.1 Å². The van der Waals surface area contributed by atoms with E-state index in [0.717, 1.165) is 16.3 Å². The third-order valence-electron chi connectivity index (χ3n) is 3.94. The van der Waals surface area contributed by atoms with E-state index in [2.05, 4.69) is 10.4 Å². The third-order valence-corrected chi connectivity index (χ3v) is 3.94. The number of carbonyl (C=O) groups is 2. The zero-order valence-corrected chi connectivity index (χ0v) is 14.9. The van der Waals surface area contributed by atoms with Crippen molar-refractivity contribution in [3.05, 3.63) is 81.8 Å². The molecule has 0 fully saturated rings. The van der Waals surface area contributed by atoms with E-state index in [1.807, 2.05) is 13.0 Å². The van der Waals surface area contributed by atoms with Gasteiger partial charge in [-0.25, -0.2) is 0 Å². The van der Waals surface area contributed by atoms with Gasteiger partial charge >= 0.3 is 5.97 Å². The van der Waals surface area contributed by atoms with Crippen LogP contribution in [0.4, 0.5) is 5.69 Å². The summed E-state index contributed by atoms with van der Waals surface area (Å²) < 4.78 is 1.04. The quantitative estimate of drug-likeness (QED) is 0.624. The van der Waals surface area contributed by atoms with Crippen LogP contribution in [0.2, 0.25) is 0 Å². The summed E-state index contributed by atoms with van der Waals surface area (Å²) in [5.74, 6) is -2.19. The van der Waals surface area contributed by atoms with Gasteiger partial charge in [-0.3, -0.25) is 14.4 Å². The third kappa shape index (κ3) is 4.24. The van der Waals surface area contributed by atoms with Crippen molar-refractivity contribution in [3.8, 4) is 11.4 Å². The van der Waals surface area contributed by atoms with Gasteiger partial charge in [0, 0.05) is 11.8 Å². The number of aryl methyl sites for hydroxylation is 1. The fourth-order valence-corrected chi connectivity index (χ4v) is 2.62. The van der Waals surface area contributed by atoms with Crippen LogP contribution in [0.3, 0.4) is 0 Å². The highest BCUT2D eigenvalue weighted by molar-refractivity contribution is 6.04. The Bertz CT molecular complexity index is 1100. The first kappa shape index (κ1) is 18.8. The minimum Gasteiger partial charge on any atom is -0.505 e. The Kier molecular flexibility index (Phi) is 5.21. The number of nitrogens with one attached hydrogen (secondary N) is 1. The monoisotopic (exact) mass is 379 g/mol. The molecule has 0 aliphatic heterocycles. The molecule has 3 N–H and O–H groups in total. The van der Waals surface area contributed by atoms with Gasteiger partial charge < -0.3 is 15.5 Å². The predicted molar refractivity (Wildman–Crippen MR) is 102 cm³/mol. The lowest BCUT2D eigenvalue weighted by Gasteiger charge is -2.10. The van der Waals surface area contributed by atoms with E-state index in [0.29, 0.717) is 16.9 Å². The summed E-state index contributed by atoms with van der Waals surface area (Å²) in [7, 11) is 0. The first-order valence-electron chi connectivity index (χ1n) is 8.36. The Labute approximate surface area is 159 Å². The second-order valence-electron chi connectivity index (χ2n) is 6.19. The van der Waals surface area contributed by atoms with Gasteiger partial charge in [-0.05, 0) is 42.3 Å². The molecule has 0 aliphatic rings. The first-order chi connectivity index (χ1) is 13.3. The summed E-state index contributed by atoms with van der Waals surface area (Å²) in [4.78, 5) is 35.4. The van der Waals surface area contributed by atoms with Crippen molar-refractivity contribution in [2.75, 3.05) is 5.32 Å². The Morgan fingerprint density at radius 1 is 1.11 bits per heavy atom. The first-order valence-corrected chi connectivity index (χ1v) is 8.36. The Hall–Kier alpha value is -3.94. The van der Waals surface area contributed by atoms with Gasteiger partial charge in [-0.2, -0.15) is 9.78 Å². The molecule has 0 bridgehead atoms. The number of aromatic nitrogens is 2. The molecule has 8 nitrogen and oxygen atoms in total. The average molecular weight is 379 g/mol. The molecule has 8 heteroatoms. The lowest BCUT2D eigenvalue weighted by Crippen LogP contribution is -2.25. The molecule has 0 saturated heterocycles. The number of carboxylic acids is 1. The normalized spacial score (nSPS) is 10.5. The SMILES string of the molecule is Cc1cccc(-n2nc(C(=O)Nc3ccc(CC(=O)O)cc3)c(O)cc2=O)c1. The van der Waals surface area contributed by atoms with Crippen molar-refractivity contribution in [2.45, 2.75) is 13.3 Å². The fourth-order valence-electron chi connectivity index (χ4n) is 2.62. The summed E-state index contributed by atoms with van der Waals surface area (Å²) in [6, 6.07) is 14.2. The van der Waals surface area contributed by atoms with E-state index < -0.39 is 23.2 Å². The lowest BCUT2D eigenvalue weighted by atomic mass is 10.1. The highest BCUT2D eigenvalue weighted by Crippen LogP contribution is 2.17. The number of aromatic hydroxyl groups is 1. The van der Waals surface area contributed by atoms with Gasteiger partial charge in [0.25, 0.3) is 11.5 Å². The molecule has 1 heterocycles. The van der Waals surface area contributed by atoms with Crippen LogP contribution in [0, 0.1) is 6.92 Å². The van der Waals surface area contributed by atoms with Gasteiger partial charge in [-0.1, -0.05) is 24.3 Å². The number of hydrogen-bond donors (Lipinski definition) is 3. The number of nitrogens with zero attached hydrogens (tertiary/aromatic N) is 2. The highest BCUT2D eigenvalue weighted by atomic mass is 16.4. The second kappa shape index (κ2) is 7.75. The van der Waals surface area contributed by atoms with Crippen molar-refractivity contribution >= 4 is 17.6 Å². The number of amides is 1. The number of rotatable bonds is 5. The smallest absolute Gasteiger partial charge is 0.307 e. The maximum Gasteiger partial charge on any atom is 0.307 e. The second-order valence-corrected chi connectivity index (χ2v) is 6.19. The van der Waals surface area contributed by atoms with Crippen molar-refractivity contribution in [1.82, 2.24) is 9.78 Å². The molecular weight excluding hydrogens is 362 g/mol. The maximum absolute atomic E-state index is 12.5. The Morgan fingerprint density at radius 2 is 1.82 bits per heavy atom. The van der Waals surface area contributed by atoms with Crippen molar-refractivity contribution in [1.29, 1.82) is 0 Å². The van der Waals surface area contributed by atoms with Crippen molar-refractivity contribution in [2.24, 2.45) is 0 Å². The fraction of sp³-hybridized carbons (Fsp3) is 0.100. The molecule has 2 aromatic carbocycles. The Morgan fingerprint density at radius 3 is 2.46 bits per heavy atom. The minimum atomic E-state index is -0.954. The van der Waals surface area contributed by atoms with E-state index in [1.165, 1.54) is 0 Å². The lowest BCUT2D eigenvalue weighted by molar-refractivity contribution is -0.136. The molecule has 3 rings (SSSR count). The van der Waals surface area contributed by atoms with Crippen LogP contribution >= 0.6 is 0 Å². The van der Waals surface area contributed by atoms with Gasteiger partial charge in [-0.15, -0.1) is 0 Å². The number of hydrogen-bond acceptors (Lipinski definition) is 5. The highest BCUT2D eigenvalue weighted by Gasteiger charge is 2.17. The molecule has 0 spiro atoms. The molecule has 0 atom stereocenters. The predicted octanol–water partition coefficient (Wildman–Crippen LogP) is 2.13. The van der Waals surface area contributed by atoms with Crippen molar-refractivity contribution < 1.29 is 19.8 Å². The van der Waals surface area contributed by atoms with Crippen molar-refractivity contribution in [3.63, 3.8) is 0 Å². The largest absolute Gasteiger partial charge is 0.505 e. The maximum atomic E-state index is 12.5. The molecule has 0 saturated carbocycles. The van der Waals surface area contributed by atoms with E-state index in [9.17, 15) is 19.5 Å². The van der Waals surface area contributed by atoms with E-state index in [4.69, 9.17) is 5.11 Å². The van der Waals surface area contributed by atoms with Crippen LogP contribution in [0.15, 0.2) is 59.4 Å². The zero-order chi connectivity index (χ0) is 20.3. The van der Waals surface area contributed by atoms with Crippen LogP contribution in [-0.4, -0.2) is 31.9 Å². The minimum absolute atomic E-state index is 0.127. The number of aliphatic carboxylic acids is 1. The average Bonchev–Trinajstić information content (AvgIpc) is 2.63. The van der Waals surface area contributed by atoms with Crippen LogP contribution < -0.4 is 10.9 Å². The van der Waals surface area contributed by atoms with Gasteiger partial charge in [0.1, 0.15) is 0 Å². The molecule has 0 radical (unpaired) electrons. The van der Waals surface area contributed by atoms with Gasteiger partial charge in [0.2, 0.25) is 0 Å². The standard InChI is InChI=1S/C20H17N3O5/c1-12-3-2-4-15(9-12)23-17(25)11-16(24)19(22-23)20(28)21-14-7-5-13(6-8-14)10-18(26)27/h2-9,11,24H,10H2,1H3,(H,21,28)(H,26,27). The molecule has 3 aromatic rings. The van der Waals surface area contributed by atoms with Crippen LogP contribution in [0.1, 0.15) is 21.6 Å². The van der Waals surface area contributed by atoms with Crippen LogP contribution in [-0.2, 0) is 11.2 Å². The molecule has 1 aromatic heterocycles. The molecule has 0 unspecified atom stereocenters. The molecule has 1 amide bonds.